The van der Waals surface area contributed by atoms with E-state index in [4.69, 9.17) is 4.74 Å². The van der Waals surface area contributed by atoms with Crippen molar-refractivity contribution in [1.82, 2.24) is 0 Å². The number of carbonyl (C=O) groups is 1. The van der Waals surface area contributed by atoms with Gasteiger partial charge in [0.2, 0.25) is 5.91 Å². The molecule has 100 valence electrons. The van der Waals surface area contributed by atoms with Crippen LogP contribution in [0.1, 0.15) is 25.0 Å². The smallest absolute Gasteiger partial charge is 0.238 e. The standard InChI is InChI=1S/C14H21NO2S/c1-4-12-8-6-7-11(3)14(12)15(10-17-5-2)13(16)9-18/h6-8,18H,4-5,9-10H2,1-3H3. The highest BCUT2D eigenvalue weighted by atomic mass is 32.1. The second-order valence-electron chi connectivity index (χ2n) is 4.04. The Bertz CT molecular complexity index is 407. The average molecular weight is 267 g/mol. The molecule has 0 aliphatic rings. The third-order valence-electron chi connectivity index (χ3n) is 2.83. The van der Waals surface area contributed by atoms with Gasteiger partial charge in [-0.1, -0.05) is 25.1 Å². The van der Waals surface area contributed by atoms with Crippen molar-refractivity contribution in [3.63, 3.8) is 0 Å². The van der Waals surface area contributed by atoms with E-state index in [0.29, 0.717) is 6.61 Å². The van der Waals surface area contributed by atoms with Crippen LogP contribution in [0.2, 0.25) is 0 Å². The molecule has 1 rings (SSSR count). The summed E-state index contributed by atoms with van der Waals surface area (Å²) in [4.78, 5) is 13.7. The number of aryl methyl sites for hydroxylation is 2. The third-order valence-corrected chi connectivity index (χ3v) is 3.10. The highest BCUT2D eigenvalue weighted by molar-refractivity contribution is 7.81. The minimum absolute atomic E-state index is 0.0317. The Morgan fingerprint density at radius 1 is 1.39 bits per heavy atom. The van der Waals surface area contributed by atoms with Crippen LogP contribution in [0.15, 0.2) is 18.2 Å². The molecule has 0 atom stereocenters. The molecule has 0 heterocycles. The molecule has 3 nitrogen and oxygen atoms in total. The van der Waals surface area contributed by atoms with Crippen LogP contribution in [-0.2, 0) is 16.0 Å². The molecule has 0 fully saturated rings. The van der Waals surface area contributed by atoms with Crippen molar-refractivity contribution in [2.45, 2.75) is 27.2 Å². The lowest BCUT2D eigenvalue weighted by Gasteiger charge is -2.26. The van der Waals surface area contributed by atoms with E-state index < -0.39 is 0 Å². The van der Waals surface area contributed by atoms with Gasteiger partial charge in [0.05, 0.1) is 11.4 Å². The van der Waals surface area contributed by atoms with Crippen LogP contribution in [-0.4, -0.2) is 25.0 Å². The quantitative estimate of drug-likeness (QED) is 0.634. The number of nitrogens with zero attached hydrogens (tertiary/aromatic N) is 1. The van der Waals surface area contributed by atoms with Crippen LogP contribution in [0, 0.1) is 6.92 Å². The van der Waals surface area contributed by atoms with E-state index in [1.54, 1.807) is 4.90 Å². The molecule has 0 unspecified atom stereocenters. The van der Waals surface area contributed by atoms with E-state index in [0.717, 1.165) is 23.2 Å². The first-order valence-corrected chi connectivity index (χ1v) is 6.86. The zero-order chi connectivity index (χ0) is 13.5. The summed E-state index contributed by atoms with van der Waals surface area (Å²) in [5.41, 5.74) is 3.21. The maximum atomic E-state index is 12.0. The number of hydrogen-bond acceptors (Lipinski definition) is 3. The number of thiol groups is 1. The summed E-state index contributed by atoms with van der Waals surface area (Å²) in [6, 6.07) is 6.08. The summed E-state index contributed by atoms with van der Waals surface area (Å²) < 4.78 is 5.40. The van der Waals surface area contributed by atoms with Crippen LogP contribution in [0.4, 0.5) is 5.69 Å². The monoisotopic (exact) mass is 267 g/mol. The van der Waals surface area contributed by atoms with Crippen molar-refractivity contribution < 1.29 is 9.53 Å². The number of carbonyl (C=O) groups excluding carboxylic acids is 1. The highest BCUT2D eigenvalue weighted by Crippen LogP contribution is 2.26. The van der Waals surface area contributed by atoms with E-state index in [1.807, 2.05) is 32.0 Å². The lowest BCUT2D eigenvalue weighted by atomic mass is 10.0. The van der Waals surface area contributed by atoms with E-state index in [-0.39, 0.29) is 18.4 Å². The molecule has 0 radical (unpaired) electrons. The Balaban J connectivity index is 3.14. The topological polar surface area (TPSA) is 29.5 Å². The lowest BCUT2D eigenvalue weighted by Crippen LogP contribution is -2.35. The Labute approximate surface area is 115 Å². The highest BCUT2D eigenvalue weighted by Gasteiger charge is 2.18. The molecule has 0 saturated carbocycles. The fourth-order valence-corrected chi connectivity index (χ4v) is 2.09. The second kappa shape index (κ2) is 7.44. The molecule has 4 heteroatoms. The van der Waals surface area contributed by atoms with Gasteiger partial charge in [0.25, 0.3) is 0 Å². The molecule has 0 aliphatic carbocycles. The number of ether oxygens (including phenoxy) is 1. The minimum atomic E-state index is -0.0317. The van der Waals surface area contributed by atoms with Crippen LogP contribution < -0.4 is 4.90 Å². The first-order valence-electron chi connectivity index (χ1n) is 6.23. The van der Waals surface area contributed by atoms with Gasteiger partial charge in [0, 0.05) is 6.61 Å². The molecule has 0 spiro atoms. The van der Waals surface area contributed by atoms with Crippen LogP contribution in [0.25, 0.3) is 0 Å². The molecular weight excluding hydrogens is 246 g/mol. The van der Waals surface area contributed by atoms with Crippen molar-refractivity contribution in [3.05, 3.63) is 29.3 Å². The Kier molecular flexibility index (Phi) is 6.22. The zero-order valence-corrected chi connectivity index (χ0v) is 12.2. The Hall–Kier alpha value is -1.00. The van der Waals surface area contributed by atoms with Crippen molar-refractivity contribution in [3.8, 4) is 0 Å². The fraction of sp³-hybridized carbons (Fsp3) is 0.500. The first-order chi connectivity index (χ1) is 8.65. The number of amides is 1. The summed E-state index contributed by atoms with van der Waals surface area (Å²) in [7, 11) is 0. The van der Waals surface area contributed by atoms with Crippen LogP contribution in [0.5, 0.6) is 0 Å². The summed E-state index contributed by atoms with van der Waals surface area (Å²) in [5, 5.41) is 0. The first kappa shape index (κ1) is 15.1. The molecule has 0 bridgehead atoms. The zero-order valence-electron chi connectivity index (χ0n) is 11.3. The maximum Gasteiger partial charge on any atom is 0.238 e. The predicted molar refractivity (Wildman–Crippen MR) is 78.4 cm³/mol. The van der Waals surface area contributed by atoms with Gasteiger partial charge in [-0.05, 0) is 31.4 Å². The van der Waals surface area contributed by atoms with Crippen LogP contribution >= 0.6 is 12.6 Å². The van der Waals surface area contributed by atoms with E-state index in [1.165, 1.54) is 0 Å². The normalized spacial score (nSPS) is 10.4. The van der Waals surface area contributed by atoms with Gasteiger partial charge in [-0.3, -0.25) is 9.69 Å². The van der Waals surface area contributed by atoms with Gasteiger partial charge in [-0.2, -0.15) is 12.6 Å². The molecule has 0 saturated heterocycles. The summed E-state index contributed by atoms with van der Waals surface area (Å²) in [5.74, 6) is 0.153. The summed E-state index contributed by atoms with van der Waals surface area (Å²) >= 11 is 4.08. The predicted octanol–water partition coefficient (Wildman–Crippen LogP) is 2.81. The number of anilines is 1. The lowest BCUT2D eigenvalue weighted by molar-refractivity contribution is -0.117. The molecule has 1 aromatic carbocycles. The van der Waals surface area contributed by atoms with Gasteiger partial charge in [-0.15, -0.1) is 0 Å². The van der Waals surface area contributed by atoms with Crippen molar-refractivity contribution in [1.29, 1.82) is 0 Å². The molecule has 18 heavy (non-hydrogen) atoms. The van der Waals surface area contributed by atoms with E-state index in [2.05, 4.69) is 19.6 Å². The molecule has 1 amide bonds. The Morgan fingerprint density at radius 3 is 2.67 bits per heavy atom. The van der Waals surface area contributed by atoms with Gasteiger partial charge in [0.1, 0.15) is 6.73 Å². The minimum Gasteiger partial charge on any atom is -0.361 e. The van der Waals surface area contributed by atoms with Crippen LogP contribution in [0.3, 0.4) is 0 Å². The number of rotatable bonds is 6. The molecule has 0 aromatic heterocycles. The molecule has 0 aliphatic heterocycles. The summed E-state index contributed by atoms with van der Waals surface area (Å²) in [6.07, 6.45) is 0.888. The number of benzene rings is 1. The fourth-order valence-electron chi connectivity index (χ4n) is 1.92. The largest absolute Gasteiger partial charge is 0.361 e. The molecule has 1 aromatic rings. The van der Waals surface area contributed by atoms with Crippen molar-refractivity contribution >= 4 is 24.2 Å². The van der Waals surface area contributed by atoms with Crippen molar-refractivity contribution in [2.75, 3.05) is 24.0 Å². The number of para-hydroxylation sites is 1. The van der Waals surface area contributed by atoms with Gasteiger partial charge >= 0.3 is 0 Å². The van der Waals surface area contributed by atoms with Gasteiger partial charge in [0.15, 0.2) is 0 Å². The SMILES string of the molecule is CCOCN(C(=O)CS)c1c(C)cccc1CC. The summed E-state index contributed by atoms with van der Waals surface area (Å²) in [6.45, 7) is 6.89. The van der Waals surface area contributed by atoms with E-state index in [9.17, 15) is 4.79 Å². The van der Waals surface area contributed by atoms with E-state index >= 15 is 0 Å². The maximum absolute atomic E-state index is 12.0. The average Bonchev–Trinajstić information content (AvgIpc) is 2.39. The number of hydrogen-bond donors (Lipinski definition) is 1. The Morgan fingerprint density at radius 2 is 2.11 bits per heavy atom. The molecule has 0 N–H and O–H groups in total. The second-order valence-corrected chi connectivity index (χ2v) is 4.35. The molecular formula is C14H21NO2S. The van der Waals surface area contributed by atoms with Crippen molar-refractivity contribution in [2.24, 2.45) is 0 Å². The third kappa shape index (κ3) is 3.50. The van der Waals surface area contributed by atoms with Gasteiger partial charge < -0.3 is 4.74 Å². The van der Waals surface area contributed by atoms with Gasteiger partial charge in [-0.25, -0.2) is 0 Å².